The van der Waals surface area contributed by atoms with Crippen molar-refractivity contribution in [1.82, 2.24) is 4.98 Å². The van der Waals surface area contributed by atoms with Crippen molar-refractivity contribution in [3.8, 4) is 0 Å². The van der Waals surface area contributed by atoms with Crippen LogP contribution in [0.5, 0.6) is 0 Å². The van der Waals surface area contributed by atoms with Crippen molar-refractivity contribution in [2.24, 2.45) is 0 Å². The predicted molar refractivity (Wildman–Crippen MR) is 86.3 cm³/mol. The van der Waals surface area contributed by atoms with Crippen LogP contribution in [0.4, 0.5) is 17.3 Å². The maximum Gasteiger partial charge on any atom is 0.276 e. The third-order valence-electron chi connectivity index (χ3n) is 2.81. The molecule has 118 valence electrons. The summed E-state index contributed by atoms with van der Waals surface area (Å²) in [6, 6.07) is 2.88. The monoisotopic (exact) mass is 314 g/mol. The van der Waals surface area contributed by atoms with Crippen LogP contribution in [-0.4, -0.2) is 38.7 Å². The molecule has 0 aromatic carbocycles. The lowest BCUT2D eigenvalue weighted by atomic mass is 10.2. The van der Waals surface area contributed by atoms with Gasteiger partial charge in [-0.3, -0.25) is 14.3 Å². The van der Waals surface area contributed by atoms with E-state index >= 15 is 0 Å². The number of hydrogen-bond acceptors (Lipinski definition) is 6. The summed E-state index contributed by atoms with van der Waals surface area (Å²) in [5, 5.41) is 17.1. The van der Waals surface area contributed by atoms with E-state index in [2.05, 4.69) is 15.6 Å². The molecular formula is C13H22N4O3S. The Balaban J connectivity index is 2.81. The lowest BCUT2D eigenvalue weighted by Gasteiger charge is -2.14. The van der Waals surface area contributed by atoms with Crippen molar-refractivity contribution >= 4 is 28.1 Å². The Morgan fingerprint density at radius 1 is 1.43 bits per heavy atom. The number of rotatable bonds is 9. The Bertz CT molecular complexity index is 510. The van der Waals surface area contributed by atoms with Crippen LogP contribution < -0.4 is 10.6 Å². The molecule has 7 nitrogen and oxygen atoms in total. The van der Waals surface area contributed by atoms with Gasteiger partial charge in [0.25, 0.3) is 5.69 Å². The van der Waals surface area contributed by atoms with E-state index < -0.39 is 15.7 Å². The summed E-state index contributed by atoms with van der Waals surface area (Å²) in [6.45, 7) is 4.65. The van der Waals surface area contributed by atoms with E-state index in [1.165, 1.54) is 12.1 Å². The molecule has 0 aliphatic heterocycles. The quantitative estimate of drug-likeness (QED) is 0.536. The van der Waals surface area contributed by atoms with Gasteiger partial charge in [-0.2, -0.15) is 0 Å². The van der Waals surface area contributed by atoms with E-state index in [0.29, 0.717) is 30.4 Å². The predicted octanol–water partition coefficient (Wildman–Crippen LogP) is 2.38. The maximum absolute atomic E-state index is 11.1. The van der Waals surface area contributed by atoms with Crippen LogP contribution >= 0.6 is 0 Å². The van der Waals surface area contributed by atoms with Crippen molar-refractivity contribution in [3.63, 3.8) is 0 Å². The summed E-state index contributed by atoms with van der Waals surface area (Å²) in [7, 11) is -0.846. The molecule has 0 radical (unpaired) electrons. The number of nitrogens with one attached hydrogen (secondary N) is 2. The first-order valence-corrected chi connectivity index (χ1v) is 8.62. The highest BCUT2D eigenvalue weighted by Gasteiger charge is 2.13. The van der Waals surface area contributed by atoms with Crippen LogP contribution in [0, 0.1) is 10.1 Å². The number of hydrogen-bond donors (Lipinski definition) is 2. The molecule has 0 fully saturated rings. The normalized spacial score (nSPS) is 13.5. The average molecular weight is 314 g/mol. The zero-order chi connectivity index (χ0) is 15.8. The lowest BCUT2D eigenvalue weighted by molar-refractivity contribution is -0.384. The zero-order valence-electron chi connectivity index (χ0n) is 12.6. The smallest absolute Gasteiger partial charge is 0.276 e. The maximum atomic E-state index is 11.1. The van der Waals surface area contributed by atoms with Crippen LogP contribution in [0.3, 0.4) is 0 Å². The molecule has 8 heteroatoms. The van der Waals surface area contributed by atoms with Crippen LogP contribution in [0.15, 0.2) is 12.1 Å². The Labute approximate surface area is 127 Å². The van der Waals surface area contributed by atoms with Gasteiger partial charge in [0.1, 0.15) is 11.6 Å². The Morgan fingerprint density at radius 2 is 2.10 bits per heavy atom. The first-order valence-electron chi connectivity index (χ1n) is 6.89. The van der Waals surface area contributed by atoms with Crippen molar-refractivity contribution < 1.29 is 9.13 Å². The summed E-state index contributed by atoms with van der Waals surface area (Å²) in [5.74, 6) is 1.53. The second-order valence-corrected chi connectivity index (χ2v) is 6.45. The van der Waals surface area contributed by atoms with Gasteiger partial charge in [-0.05, 0) is 19.8 Å². The summed E-state index contributed by atoms with van der Waals surface area (Å²) < 4.78 is 11.1. The van der Waals surface area contributed by atoms with Gasteiger partial charge in [-0.1, -0.05) is 6.92 Å². The highest BCUT2D eigenvalue weighted by Crippen LogP contribution is 2.21. The summed E-state index contributed by atoms with van der Waals surface area (Å²) in [6.07, 6.45) is 3.28. The fourth-order valence-electron chi connectivity index (χ4n) is 1.71. The van der Waals surface area contributed by atoms with Crippen molar-refractivity contribution in [2.45, 2.75) is 32.7 Å². The van der Waals surface area contributed by atoms with Crippen molar-refractivity contribution in [3.05, 3.63) is 22.2 Å². The van der Waals surface area contributed by atoms with E-state index in [1.54, 1.807) is 6.26 Å². The Morgan fingerprint density at radius 3 is 2.67 bits per heavy atom. The van der Waals surface area contributed by atoms with E-state index in [1.807, 2.05) is 13.8 Å². The van der Waals surface area contributed by atoms with Gasteiger partial charge in [0.2, 0.25) is 0 Å². The molecule has 2 atom stereocenters. The number of nitrogens with zero attached hydrogens (tertiary/aromatic N) is 2. The number of anilines is 2. The van der Waals surface area contributed by atoms with Crippen molar-refractivity contribution in [1.29, 1.82) is 0 Å². The summed E-state index contributed by atoms with van der Waals surface area (Å²) in [5.41, 5.74) is -0.00243. The molecule has 2 N–H and O–H groups in total. The average Bonchev–Trinajstić information content (AvgIpc) is 2.42. The minimum Gasteiger partial charge on any atom is -0.370 e. The molecule has 0 aliphatic rings. The minimum absolute atomic E-state index is 0.00243. The van der Waals surface area contributed by atoms with E-state index in [0.717, 1.165) is 6.42 Å². The largest absolute Gasteiger partial charge is 0.370 e. The van der Waals surface area contributed by atoms with E-state index in [4.69, 9.17) is 0 Å². The molecule has 0 saturated carbocycles. The first kappa shape index (κ1) is 17.4. The Kier molecular flexibility index (Phi) is 7.07. The van der Waals surface area contributed by atoms with Crippen LogP contribution in [0.25, 0.3) is 0 Å². The summed E-state index contributed by atoms with van der Waals surface area (Å²) >= 11 is 0. The number of aromatic nitrogens is 1. The SMILES string of the molecule is CCCNc1cc([N+](=O)[O-])cc(NC(C)CCS(C)=O)n1. The fourth-order valence-corrected chi connectivity index (χ4v) is 2.39. The molecule has 21 heavy (non-hydrogen) atoms. The van der Waals surface area contributed by atoms with Gasteiger partial charge in [0.15, 0.2) is 0 Å². The molecular weight excluding hydrogens is 292 g/mol. The summed E-state index contributed by atoms with van der Waals surface area (Å²) in [4.78, 5) is 14.8. The third kappa shape index (κ3) is 6.52. The van der Waals surface area contributed by atoms with Gasteiger partial charge in [0, 0.05) is 35.4 Å². The van der Waals surface area contributed by atoms with Crippen molar-refractivity contribution in [2.75, 3.05) is 29.2 Å². The highest BCUT2D eigenvalue weighted by molar-refractivity contribution is 7.84. The topological polar surface area (TPSA) is 97.2 Å². The third-order valence-corrected chi connectivity index (χ3v) is 3.62. The number of nitro groups is 1. The second-order valence-electron chi connectivity index (χ2n) is 4.89. The van der Waals surface area contributed by atoms with Gasteiger partial charge < -0.3 is 10.6 Å². The van der Waals surface area contributed by atoms with Gasteiger partial charge in [0.05, 0.1) is 17.1 Å². The lowest BCUT2D eigenvalue weighted by Crippen LogP contribution is -2.19. The van der Waals surface area contributed by atoms with Gasteiger partial charge in [-0.15, -0.1) is 0 Å². The fraction of sp³-hybridized carbons (Fsp3) is 0.615. The van der Waals surface area contributed by atoms with Crippen LogP contribution in [0.2, 0.25) is 0 Å². The molecule has 0 saturated heterocycles. The molecule has 0 bridgehead atoms. The van der Waals surface area contributed by atoms with Crippen LogP contribution in [0.1, 0.15) is 26.7 Å². The standard InChI is InChI=1S/C13H22N4O3S/c1-4-6-14-12-8-11(17(18)19)9-13(16-12)15-10(2)5-7-21(3)20/h8-10H,4-7H2,1-3H3,(H2,14,15,16). The molecule has 1 rings (SSSR count). The van der Waals surface area contributed by atoms with Gasteiger partial charge >= 0.3 is 0 Å². The molecule has 2 unspecified atom stereocenters. The van der Waals surface area contributed by atoms with E-state index in [9.17, 15) is 14.3 Å². The molecule has 0 spiro atoms. The zero-order valence-corrected chi connectivity index (χ0v) is 13.4. The number of pyridine rings is 1. The molecule has 0 amide bonds. The highest BCUT2D eigenvalue weighted by atomic mass is 32.2. The van der Waals surface area contributed by atoms with E-state index in [-0.39, 0.29) is 11.7 Å². The first-order chi connectivity index (χ1) is 9.92. The Hall–Kier alpha value is -1.70. The molecule has 1 aromatic heterocycles. The molecule has 1 heterocycles. The minimum atomic E-state index is -0.846. The molecule has 1 aromatic rings. The van der Waals surface area contributed by atoms with Crippen LogP contribution in [-0.2, 0) is 10.8 Å². The van der Waals surface area contributed by atoms with Gasteiger partial charge in [-0.25, -0.2) is 4.98 Å². The second kappa shape index (κ2) is 8.56. The molecule has 0 aliphatic carbocycles.